The van der Waals surface area contributed by atoms with Crippen LogP contribution in [0.2, 0.25) is 0 Å². The number of aromatic nitrogens is 4. The molecule has 322 valence electrons. The van der Waals surface area contributed by atoms with Crippen LogP contribution in [0.5, 0.6) is 0 Å². The minimum Gasteiger partial charge on any atom is -0.309 e. The van der Waals surface area contributed by atoms with Gasteiger partial charge < -0.3 is 4.57 Å². The summed E-state index contributed by atoms with van der Waals surface area (Å²) in [5.41, 5.74) is 19.1. The average molecular weight is 879 g/mol. The molecular weight excluding hydrogens is 837 g/mol. The predicted molar refractivity (Wildman–Crippen MR) is 284 cm³/mol. The van der Waals surface area contributed by atoms with Crippen LogP contribution in [0, 0.1) is 0 Å². The molecule has 0 spiro atoms. The molecule has 0 saturated heterocycles. The second-order valence-electron chi connectivity index (χ2n) is 18.1. The van der Waals surface area contributed by atoms with Crippen molar-refractivity contribution >= 4 is 43.6 Å². The zero-order valence-corrected chi connectivity index (χ0v) is 37.5. The number of fused-ring (bicyclic) bond motifs is 9. The Hall–Kier alpha value is -9.12. The van der Waals surface area contributed by atoms with E-state index in [1.165, 1.54) is 55.2 Å². The van der Waals surface area contributed by atoms with E-state index < -0.39 is 5.41 Å². The summed E-state index contributed by atoms with van der Waals surface area (Å²) < 4.78 is 4.65. The van der Waals surface area contributed by atoms with Crippen LogP contribution in [0.25, 0.3) is 100 Å². The van der Waals surface area contributed by atoms with Crippen molar-refractivity contribution in [3.8, 4) is 56.4 Å². The maximum absolute atomic E-state index is 5.25. The number of hydrogen-bond donors (Lipinski definition) is 0. The SMILES string of the molecule is c1ccc(-c2cc(-c3ccccc3)nc(-n3c4ccccc4c4cc(-c5ccc6c(c5)c5ccccc5n6-c5ccc(C6(c7ccccc7)c7ccccc7-c7ccccc76)cc5)ccc43)n2)cc1. The molecule has 69 heavy (non-hydrogen) atoms. The molecule has 14 rings (SSSR count). The van der Waals surface area contributed by atoms with Crippen LogP contribution >= 0.6 is 0 Å². The summed E-state index contributed by atoms with van der Waals surface area (Å²) >= 11 is 0. The second-order valence-corrected chi connectivity index (χ2v) is 18.1. The number of para-hydroxylation sites is 2. The largest absolute Gasteiger partial charge is 0.309 e. The van der Waals surface area contributed by atoms with E-state index in [0.717, 1.165) is 61.1 Å². The predicted octanol–water partition coefficient (Wildman–Crippen LogP) is 16.0. The van der Waals surface area contributed by atoms with Crippen molar-refractivity contribution in [3.63, 3.8) is 0 Å². The molecule has 0 bridgehead atoms. The smallest absolute Gasteiger partial charge is 0.235 e. The van der Waals surface area contributed by atoms with Crippen molar-refractivity contribution in [3.05, 3.63) is 277 Å². The van der Waals surface area contributed by atoms with Crippen LogP contribution in [0.3, 0.4) is 0 Å². The van der Waals surface area contributed by atoms with Gasteiger partial charge in [-0.25, -0.2) is 9.97 Å². The Kier molecular flexibility index (Phi) is 8.77. The quantitative estimate of drug-likeness (QED) is 0.160. The minimum atomic E-state index is -0.444. The van der Waals surface area contributed by atoms with Gasteiger partial charge in [0.05, 0.1) is 38.9 Å². The van der Waals surface area contributed by atoms with Crippen molar-refractivity contribution in [1.29, 1.82) is 0 Å². The normalized spacial score (nSPS) is 12.8. The average Bonchev–Trinajstić information content (AvgIpc) is 4.05. The second kappa shape index (κ2) is 15.5. The molecule has 3 aromatic heterocycles. The lowest BCUT2D eigenvalue weighted by Crippen LogP contribution is -2.28. The number of benzene rings is 10. The number of hydrogen-bond acceptors (Lipinski definition) is 2. The van der Waals surface area contributed by atoms with Gasteiger partial charge in [0.25, 0.3) is 0 Å². The summed E-state index contributed by atoms with van der Waals surface area (Å²) in [6.07, 6.45) is 0. The van der Waals surface area contributed by atoms with E-state index in [4.69, 9.17) is 9.97 Å². The molecule has 13 aromatic rings. The highest BCUT2D eigenvalue weighted by Gasteiger charge is 2.45. The van der Waals surface area contributed by atoms with Crippen LogP contribution in [0.15, 0.2) is 255 Å². The Labute approximate surface area is 399 Å². The molecule has 0 aliphatic heterocycles. The van der Waals surface area contributed by atoms with Gasteiger partial charge in [0, 0.05) is 38.4 Å². The van der Waals surface area contributed by atoms with E-state index in [2.05, 4.69) is 252 Å². The summed E-state index contributed by atoms with van der Waals surface area (Å²) in [6.45, 7) is 0. The fourth-order valence-electron chi connectivity index (χ4n) is 11.4. The Morgan fingerprint density at radius 2 is 0.710 bits per heavy atom. The summed E-state index contributed by atoms with van der Waals surface area (Å²) in [5, 5.41) is 4.75. The highest BCUT2D eigenvalue weighted by atomic mass is 15.2. The molecule has 1 aliphatic carbocycles. The van der Waals surface area contributed by atoms with Crippen molar-refractivity contribution < 1.29 is 0 Å². The lowest BCUT2D eigenvalue weighted by Gasteiger charge is -2.34. The van der Waals surface area contributed by atoms with E-state index >= 15 is 0 Å². The van der Waals surface area contributed by atoms with Gasteiger partial charge in [-0.3, -0.25) is 4.57 Å². The van der Waals surface area contributed by atoms with E-state index in [1.54, 1.807) is 0 Å². The summed E-state index contributed by atoms with van der Waals surface area (Å²) in [7, 11) is 0. The fraction of sp³-hybridized carbons (Fsp3) is 0.0154. The van der Waals surface area contributed by atoms with E-state index in [9.17, 15) is 0 Å². The van der Waals surface area contributed by atoms with Gasteiger partial charge in [-0.05, 0) is 99.1 Å². The van der Waals surface area contributed by atoms with Crippen LogP contribution in [0.4, 0.5) is 0 Å². The molecule has 0 N–H and O–H groups in total. The lowest BCUT2D eigenvalue weighted by atomic mass is 9.68. The Bertz CT molecular complexity index is 4010. The third-order valence-corrected chi connectivity index (χ3v) is 14.4. The van der Waals surface area contributed by atoms with Gasteiger partial charge >= 0.3 is 0 Å². The Morgan fingerprint density at radius 3 is 1.26 bits per heavy atom. The van der Waals surface area contributed by atoms with E-state index in [1.807, 2.05) is 12.1 Å². The zero-order valence-electron chi connectivity index (χ0n) is 37.5. The zero-order chi connectivity index (χ0) is 45.5. The maximum Gasteiger partial charge on any atom is 0.235 e. The maximum atomic E-state index is 5.25. The number of nitrogens with zero attached hydrogens (tertiary/aromatic N) is 4. The molecule has 0 amide bonds. The first-order valence-electron chi connectivity index (χ1n) is 23.7. The molecule has 0 unspecified atom stereocenters. The van der Waals surface area contributed by atoms with Gasteiger partial charge in [0.2, 0.25) is 5.95 Å². The fourth-order valence-corrected chi connectivity index (χ4v) is 11.4. The molecule has 0 atom stereocenters. The van der Waals surface area contributed by atoms with Gasteiger partial charge in [-0.2, -0.15) is 0 Å². The number of rotatable bonds is 7. The van der Waals surface area contributed by atoms with Gasteiger partial charge in [-0.15, -0.1) is 0 Å². The Balaban J connectivity index is 0.895. The summed E-state index contributed by atoms with van der Waals surface area (Å²) in [6, 6.07) is 92.3. The molecule has 3 heterocycles. The third kappa shape index (κ3) is 5.95. The first kappa shape index (κ1) is 39.1. The first-order chi connectivity index (χ1) is 34.2. The highest BCUT2D eigenvalue weighted by Crippen LogP contribution is 2.56. The van der Waals surface area contributed by atoms with E-state index in [-0.39, 0.29) is 0 Å². The third-order valence-electron chi connectivity index (χ3n) is 14.4. The van der Waals surface area contributed by atoms with Crippen LogP contribution in [-0.2, 0) is 5.41 Å². The Morgan fingerprint density at radius 1 is 0.290 bits per heavy atom. The van der Waals surface area contributed by atoms with Crippen LogP contribution in [-0.4, -0.2) is 19.1 Å². The topological polar surface area (TPSA) is 35.6 Å². The summed E-state index contributed by atoms with van der Waals surface area (Å²) in [4.78, 5) is 10.5. The molecule has 1 aliphatic rings. The molecule has 4 heteroatoms. The molecule has 10 aromatic carbocycles. The molecule has 0 saturated carbocycles. The van der Waals surface area contributed by atoms with Crippen LogP contribution < -0.4 is 0 Å². The van der Waals surface area contributed by atoms with Crippen molar-refractivity contribution in [1.82, 2.24) is 19.1 Å². The van der Waals surface area contributed by atoms with Gasteiger partial charge in [0.1, 0.15) is 0 Å². The van der Waals surface area contributed by atoms with Crippen molar-refractivity contribution in [2.24, 2.45) is 0 Å². The molecule has 0 fully saturated rings. The lowest BCUT2D eigenvalue weighted by molar-refractivity contribution is 0.768. The molecule has 0 radical (unpaired) electrons. The van der Waals surface area contributed by atoms with Gasteiger partial charge in [-0.1, -0.05) is 200 Å². The monoisotopic (exact) mass is 878 g/mol. The van der Waals surface area contributed by atoms with E-state index in [0.29, 0.717) is 5.95 Å². The summed E-state index contributed by atoms with van der Waals surface area (Å²) in [5.74, 6) is 0.643. The van der Waals surface area contributed by atoms with Crippen LogP contribution in [0.1, 0.15) is 22.3 Å². The van der Waals surface area contributed by atoms with Gasteiger partial charge in [0.15, 0.2) is 0 Å². The molecule has 4 nitrogen and oxygen atoms in total. The molecular formula is C65H42N4. The first-order valence-corrected chi connectivity index (χ1v) is 23.7. The standard InChI is InChI=1S/C65H42N4/c1-4-18-43(19-5-1)58-42-59(44-20-6-2-7-21-44)67-64(66-58)69-61-31-17-13-27-53(61)55-41-46(33-39-63(55)69)45-32-38-62-54(40-45)52-26-12-16-30-60(52)68(62)49-36-34-48(35-37-49)65(47-22-8-3-9-23-47)56-28-14-10-24-50(56)51-25-11-15-29-57(51)65/h1-42H. The minimum absolute atomic E-state index is 0.444. The van der Waals surface area contributed by atoms with Crippen molar-refractivity contribution in [2.45, 2.75) is 5.41 Å². The highest BCUT2D eigenvalue weighted by molar-refractivity contribution is 6.12. The van der Waals surface area contributed by atoms with Crippen molar-refractivity contribution in [2.75, 3.05) is 0 Å².